The maximum absolute atomic E-state index is 12.4. The third-order valence-corrected chi connectivity index (χ3v) is 4.50. The van der Waals surface area contributed by atoms with Gasteiger partial charge in [0.2, 0.25) is 5.91 Å². The number of nitrogens with two attached hydrogens (primary N) is 1. The number of hydrogen-bond acceptors (Lipinski definition) is 3. The fourth-order valence-corrected chi connectivity index (χ4v) is 3.01. The minimum atomic E-state index is 0.00423. The molecule has 0 heterocycles. The molecule has 4 nitrogen and oxygen atoms in total. The van der Waals surface area contributed by atoms with Gasteiger partial charge in [0.25, 0.3) is 0 Å². The van der Waals surface area contributed by atoms with E-state index in [4.69, 9.17) is 10.6 Å². The van der Waals surface area contributed by atoms with Crippen molar-refractivity contribution in [2.24, 2.45) is 5.84 Å². The van der Waals surface area contributed by atoms with Crippen LogP contribution in [0.5, 0.6) is 0 Å². The van der Waals surface area contributed by atoms with Gasteiger partial charge in [0.1, 0.15) is 0 Å². The monoisotopic (exact) mass is 290 g/mol. The van der Waals surface area contributed by atoms with Crippen LogP contribution < -0.4 is 5.84 Å². The number of hydrogen-bond donors (Lipinski definition) is 1. The predicted molar refractivity (Wildman–Crippen MR) is 83.7 cm³/mol. The smallest absolute Gasteiger partial charge is 0.241 e. The molecule has 0 aromatic heterocycles. The number of rotatable bonds is 4. The highest BCUT2D eigenvalue weighted by Gasteiger charge is 2.27. The first kappa shape index (κ1) is 16.0. The van der Waals surface area contributed by atoms with Crippen molar-refractivity contribution in [1.29, 1.82) is 0 Å². The summed E-state index contributed by atoms with van der Waals surface area (Å²) < 4.78 is 5.36. The quantitative estimate of drug-likeness (QED) is 0.526. The second-order valence-electron chi connectivity index (χ2n) is 6.07. The van der Waals surface area contributed by atoms with Crippen molar-refractivity contribution in [3.05, 3.63) is 34.9 Å². The summed E-state index contributed by atoms with van der Waals surface area (Å²) in [6, 6.07) is 6.34. The van der Waals surface area contributed by atoms with Crippen LogP contribution in [0.25, 0.3) is 0 Å². The van der Waals surface area contributed by atoms with Crippen molar-refractivity contribution in [2.45, 2.75) is 58.1 Å². The van der Waals surface area contributed by atoms with Crippen LogP contribution in [0.3, 0.4) is 0 Å². The maximum atomic E-state index is 12.4. The van der Waals surface area contributed by atoms with Gasteiger partial charge in [-0.3, -0.25) is 9.80 Å². The van der Waals surface area contributed by atoms with Gasteiger partial charge in [0.05, 0.1) is 12.5 Å². The molecule has 0 bridgehead atoms. The first-order valence-corrected chi connectivity index (χ1v) is 7.67. The fraction of sp³-hybridized carbons (Fsp3) is 0.588. The zero-order valence-corrected chi connectivity index (χ0v) is 13.3. The second kappa shape index (κ2) is 7.05. The lowest BCUT2D eigenvalue weighted by atomic mass is 9.92. The van der Waals surface area contributed by atoms with E-state index in [9.17, 15) is 4.79 Å². The number of carbonyl (C=O) groups is 1. The van der Waals surface area contributed by atoms with Crippen molar-refractivity contribution >= 4 is 5.91 Å². The molecule has 2 N–H and O–H groups in total. The Hall–Kier alpha value is -1.39. The molecule has 2 rings (SSSR count). The molecule has 1 saturated carbocycles. The molecule has 1 aliphatic rings. The molecule has 4 heteroatoms. The van der Waals surface area contributed by atoms with E-state index in [0.717, 1.165) is 36.8 Å². The number of hydrazine groups is 1. The highest BCUT2D eigenvalue weighted by atomic mass is 16.5. The van der Waals surface area contributed by atoms with Gasteiger partial charge in [-0.2, -0.15) is 0 Å². The van der Waals surface area contributed by atoms with Crippen LogP contribution in [-0.2, 0) is 16.0 Å². The lowest BCUT2D eigenvalue weighted by molar-refractivity contribution is -0.134. The Kier molecular flexibility index (Phi) is 5.37. The van der Waals surface area contributed by atoms with E-state index in [1.807, 2.05) is 13.8 Å². The van der Waals surface area contributed by atoms with Crippen LogP contribution in [-0.4, -0.2) is 30.2 Å². The first-order chi connectivity index (χ1) is 10.0. The minimum Gasteiger partial charge on any atom is -0.381 e. The summed E-state index contributed by atoms with van der Waals surface area (Å²) in [6.07, 6.45) is 4.51. The number of benzene rings is 1. The van der Waals surface area contributed by atoms with E-state index in [1.54, 1.807) is 7.11 Å². The maximum Gasteiger partial charge on any atom is 0.241 e. The molecule has 1 aromatic carbocycles. The van der Waals surface area contributed by atoms with Gasteiger partial charge in [0.15, 0.2) is 0 Å². The molecule has 1 aromatic rings. The summed E-state index contributed by atoms with van der Waals surface area (Å²) in [7, 11) is 1.75. The predicted octanol–water partition coefficient (Wildman–Crippen LogP) is 2.51. The van der Waals surface area contributed by atoms with Gasteiger partial charge >= 0.3 is 0 Å². The van der Waals surface area contributed by atoms with Gasteiger partial charge < -0.3 is 4.74 Å². The zero-order chi connectivity index (χ0) is 15.4. The van der Waals surface area contributed by atoms with Crippen molar-refractivity contribution in [3.8, 4) is 0 Å². The molecule has 21 heavy (non-hydrogen) atoms. The minimum absolute atomic E-state index is 0.00423. The van der Waals surface area contributed by atoms with E-state index >= 15 is 0 Å². The summed E-state index contributed by atoms with van der Waals surface area (Å²) in [5, 5.41) is 1.45. The number of ether oxygens (including phenoxy) is 1. The fourth-order valence-electron chi connectivity index (χ4n) is 3.01. The van der Waals surface area contributed by atoms with Crippen LogP contribution in [0, 0.1) is 13.8 Å². The third kappa shape index (κ3) is 4.05. The molecule has 1 aliphatic carbocycles. The molecule has 0 radical (unpaired) electrons. The molecule has 1 fully saturated rings. The Morgan fingerprint density at radius 1 is 1.29 bits per heavy atom. The SMILES string of the molecule is CO[C@H]1CC[C@@H](N(N)C(=O)Cc2cc(C)ccc2C)CC1. The largest absolute Gasteiger partial charge is 0.381 e. The highest BCUT2D eigenvalue weighted by molar-refractivity contribution is 5.79. The van der Waals surface area contributed by atoms with Gasteiger partial charge in [0, 0.05) is 13.2 Å². The summed E-state index contributed by atoms with van der Waals surface area (Å²) in [6.45, 7) is 4.08. The first-order valence-electron chi connectivity index (χ1n) is 7.67. The summed E-state index contributed by atoms with van der Waals surface area (Å²) in [5.74, 6) is 6.06. The zero-order valence-electron chi connectivity index (χ0n) is 13.3. The molecule has 0 atom stereocenters. The van der Waals surface area contributed by atoms with Crippen LogP contribution in [0.15, 0.2) is 18.2 Å². The Morgan fingerprint density at radius 3 is 2.57 bits per heavy atom. The van der Waals surface area contributed by atoms with E-state index in [0.29, 0.717) is 12.5 Å². The number of methoxy groups -OCH3 is 1. The van der Waals surface area contributed by atoms with Gasteiger partial charge in [-0.05, 0) is 50.7 Å². The molecule has 1 amide bonds. The highest BCUT2D eigenvalue weighted by Crippen LogP contribution is 2.24. The van der Waals surface area contributed by atoms with Gasteiger partial charge in [-0.1, -0.05) is 23.8 Å². The van der Waals surface area contributed by atoms with Crippen molar-refractivity contribution in [1.82, 2.24) is 5.01 Å². The second-order valence-corrected chi connectivity index (χ2v) is 6.07. The molecular formula is C17H26N2O2. The van der Waals surface area contributed by atoms with Crippen LogP contribution in [0.2, 0.25) is 0 Å². The summed E-state index contributed by atoms with van der Waals surface area (Å²) >= 11 is 0. The molecule has 0 aliphatic heterocycles. The van der Waals surface area contributed by atoms with E-state index in [2.05, 4.69) is 18.2 Å². The van der Waals surface area contributed by atoms with Crippen LogP contribution >= 0.6 is 0 Å². The number of nitrogens with zero attached hydrogens (tertiary/aromatic N) is 1. The van der Waals surface area contributed by atoms with Crippen molar-refractivity contribution in [2.75, 3.05) is 7.11 Å². The molecule has 116 valence electrons. The van der Waals surface area contributed by atoms with Crippen molar-refractivity contribution in [3.63, 3.8) is 0 Å². The van der Waals surface area contributed by atoms with Gasteiger partial charge in [-0.15, -0.1) is 0 Å². The number of carbonyl (C=O) groups excluding carboxylic acids is 1. The normalized spacial score (nSPS) is 22.1. The summed E-state index contributed by atoms with van der Waals surface area (Å²) in [4.78, 5) is 12.4. The van der Waals surface area contributed by atoms with Crippen molar-refractivity contribution < 1.29 is 9.53 Å². The Morgan fingerprint density at radius 2 is 1.95 bits per heavy atom. The molecule has 0 spiro atoms. The Bertz CT molecular complexity index is 494. The Labute approximate surface area is 127 Å². The number of amides is 1. The Balaban J connectivity index is 1.95. The molecule has 0 unspecified atom stereocenters. The third-order valence-electron chi connectivity index (χ3n) is 4.50. The van der Waals surface area contributed by atoms with E-state index in [-0.39, 0.29) is 11.9 Å². The average molecular weight is 290 g/mol. The topological polar surface area (TPSA) is 55.6 Å². The standard InChI is InChI=1S/C17H26N2O2/c1-12-4-5-13(2)14(10-12)11-17(20)19(18)15-6-8-16(21-3)9-7-15/h4-5,10,15-16H,6-9,11,18H2,1-3H3/t15-,16+. The van der Waals surface area contributed by atoms with E-state index in [1.165, 1.54) is 10.6 Å². The number of aryl methyl sites for hydroxylation is 2. The van der Waals surface area contributed by atoms with Crippen LogP contribution in [0.4, 0.5) is 0 Å². The average Bonchev–Trinajstić information content (AvgIpc) is 2.50. The lowest BCUT2D eigenvalue weighted by Gasteiger charge is -2.33. The summed E-state index contributed by atoms with van der Waals surface area (Å²) in [5.41, 5.74) is 3.39. The molecule has 0 saturated heterocycles. The lowest BCUT2D eigenvalue weighted by Crippen LogP contribution is -2.48. The van der Waals surface area contributed by atoms with Gasteiger partial charge in [-0.25, -0.2) is 5.84 Å². The van der Waals surface area contributed by atoms with E-state index < -0.39 is 0 Å². The molecular weight excluding hydrogens is 264 g/mol. The van der Waals surface area contributed by atoms with Crippen LogP contribution in [0.1, 0.15) is 42.4 Å².